The molecule has 0 spiro atoms. The van der Waals surface area contributed by atoms with Gasteiger partial charge in [0.1, 0.15) is 11.1 Å². The third kappa shape index (κ3) is 4.46. The molecule has 5 heteroatoms. The van der Waals surface area contributed by atoms with E-state index in [-0.39, 0.29) is 5.91 Å². The molecule has 2 rings (SSSR count). The number of pyridine rings is 1. The molecular formula is C16H17ClN2O2. The molecule has 0 aliphatic heterocycles. The number of halogens is 1. The zero-order chi connectivity index (χ0) is 15.1. The molecule has 1 N–H and O–H groups in total. The lowest BCUT2D eigenvalue weighted by molar-refractivity contribution is -0.120. The number of carbonyl (C=O) groups excluding carboxylic acids is 1. The van der Waals surface area contributed by atoms with Crippen molar-refractivity contribution in [1.82, 2.24) is 10.3 Å². The summed E-state index contributed by atoms with van der Waals surface area (Å²) in [7, 11) is 1.60. The van der Waals surface area contributed by atoms with E-state index in [0.717, 1.165) is 23.3 Å². The van der Waals surface area contributed by atoms with Crippen LogP contribution in [-0.2, 0) is 11.2 Å². The number of carbonyl (C=O) groups is 1. The highest BCUT2D eigenvalue weighted by Crippen LogP contribution is 2.22. The molecule has 0 radical (unpaired) electrons. The van der Waals surface area contributed by atoms with Crippen molar-refractivity contribution in [3.05, 3.63) is 59.9 Å². The standard InChI is InChI=1S/C16H17ClN2O2/c1-21-14-4-2-13(3-5-14)15(17)16(20)19-11-8-12-6-9-18-10-7-12/h2-7,9-10,15H,8,11H2,1H3,(H,19,20). The van der Waals surface area contributed by atoms with Gasteiger partial charge < -0.3 is 10.1 Å². The first-order valence-electron chi connectivity index (χ1n) is 6.65. The molecular weight excluding hydrogens is 288 g/mol. The first-order valence-corrected chi connectivity index (χ1v) is 7.09. The quantitative estimate of drug-likeness (QED) is 0.835. The summed E-state index contributed by atoms with van der Waals surface area (Å²) in [6.45, 7) is 0.544. The van der Waals surface area contributed by atoms with Crippen molar-refractivity contribution in [2.24, 2.45) is 0 Å². The summed E-state index contributed by atoms with van der Waals surface area (Å²) in [5, 5.41) is 2.13. The Labute approximate surface area is 129 Å². The average Bonchev–Trinajstić information content (AvgIpc) is 2.55. The van der Waals surface area contributed by atoms with Gasteiger partial charge in [-0.1, -0.05) is 12.1 Å². The van der Waals surface area contributed by atoms with Crippen LogP contribution in [0.25, 0.3) is 0 Å². The van der Waals surface area contributed by atoms with E-state index in [1.807, 2.05) is 12.1 Å². The second-order valence-electron chi connectivity index (χ2n) is 4.53. The molecule has 21 heavy (non-hydrogen) atoms. The molecule has 0 fully saturated rings. The monoisotopic (exact) mass is 304 g/mol. The molecule has 2 aromatic rings. The summed E-state index contributed by atoms with van der Waals surface area (Å²) in [5.41, 5.74) is 1.87. The van der Waals surface area contributed by atoms with Crippen molar-refractivity contribution in [2.45, 2.75) is 11.8 Å². The zero-order valence-electron chi connectivity index (χ0n) is 11.8. The van der Waals surface area contributed by atoms with E-state index in [4.69, 9.17) is 16.3 Å². The Balaban J connectivity index is 1.84. The number of nitrogens with zero attached hydrogens (tertiary/aromatic N) is 1. The van der Waals surface area contributed by atoms with Gasteiger partial charge in [0.25, 0.3) is 0 Å². The minimum Gasteiger partial charge on any atom is -0.497 e. The molecule has 110 valence electrons. The first kappa shape index (κ1) is 15.3. The summed E-state index contributed by atoms with van der Waals surface area (Å²) in [6, 6.07) is 11.0. The highest BCUT2D eigenvalue weighted by molar-refractivity contribution is 6.30. The van der Waals surface area contributed by atoms with Crippen LogP contribution in [0.15, 0.2) is 48.8 Å². The second kappa shape index (κ2) is 7.64. The minimum atomic E-state index is -0.701. The molecule has 1 unspecified atom stereocenters. The predicted molar refractivity (Wildman–Crippen MR) is 82.5 cm³/mol. The number of rotatable bonds is 6. The van der Waals surface area contributed by atoms with Crippen molar-refractivity contribution in [3.63, 3.8) is 0 Å². The summed E-state index contributed by atoms with van der Waals surface area (Å²) < 4.78 is 5.07. The van der Waals surface area contributed by atoms with Gasteiger partial charge in [-0.05, 0) is 41.8 Å². The largest absolute Gasteiger partial charge is 0.497 e. The maximum atomic E-state index is 12.0. The summed E-state index contributed by atoms with van der Waals surface area (Å²) >= 11 is 6.17. The second-order valence-corrected chi connectivity index (χ2v) is 4.97. The van der Waals surface area contributed by atoms with Crippen molar-refractivity contribution in [1.29, 1.82) is 0 Å². The molecule has 0 saturated carbocycles. The molecule has 0 aliphatic carbocycles. The van der Waals surface area contributed by atoms with Crippen LogP contribution in [0, 0.1) is 0 Å². The topological polar surface area (TPSA) is 51.2 Å². The molecule has 4 nitrogen and oxygen atoms in total. The Bertz CT molecular complexity index is 573. The van der Waals surface area contributed by atoms with Gasteiger partial charge in [0.15, 0.2) is 0 Å². The minimum absolute atomic E-state index is 0.198. The maximum Gasteiger partial charge on any atom is 0.242 e. The number of aromatic nitrogens is 1. The molecule has 0 bridgehead atoms. The van der Waals surface area contributed by atoms with Gasteiger partial charge in [-0.3, -0.25) is 9.78 Å². The highest BCUT2D eigenvalue weighted by atomic mass is 35.5. The summed E-state index contributed by atoms with van der Waals surface area (Å²) in [6.07, 6.45) is 4.22. The van der Waals surface area contributed by atoms with Gasteiger partial charge in [-0.15, -0.1) is 11.6 Å². The smallest absolute Gasteiger partial charge is 0.242 e. The molecule has 1 atom stereocenters. The van der Waals surface area contributed by atoms with E-state index in [1.165, 1.54) is 0 Å². The Morgan fingerprint density at radius 3 is 2.52 bits per heavy atom. The molecule has 1 heterocycles. The number of ether oxygens (including phenoxy) is 1. The number of benzene rings is 1. The number of hydrogen-bond donors (Lipinski definition) is 1. The van der Waals surface area contributed by atoms with Crippen LogP contribution in [0.5, 0.6) is 5.75 Å². The highest BCUT2D eigenvalue weighted by Gasteiger charge is 2.16. The Kier molecular flexibility index (Phi) is 5.58. The van der Waals surface area contributed by atoms with Crippen LogP contribution >= 0.6 is 11.6 Å². The third-order valence-electron chi connectivity index (χ3n) is 3.10. The van der Waals surface area contributed by atoms with Crippen LogP contribution in [-0.4, -0.2) is 24.5 Å². The fourth-order valence-electron chi connectivity index (χ4n) is 1.89. The Morgan fingerprint density at radius 2 is 1.90 bits per heavy atom. The van der Waals surface area contributed by atoms with Gasteiger partial charge in [-0.25, -0.2) is 0 Å². The van der Waals surface area contributed by atoms with Crippen LogP contribution in [0.4, 0.5) is 0 Å². The van der Waals surface area contributed by atoms with E-state index in [0.29, 0.717) is 6.54 Å². The lowest BCUT2D eigenvalue weighted by atomic mass is 10.1. The number of amides is 1. The first-order chi connectivity index (χ1) is 10.2. The van der Waals surface area contributed by atoms with Gasteiger partial charge in [0.2, 0.25) is 5.91 Å². The predicted octanol–water partition coefficient (Wildman–Crippen LogP) is 2.73. The van der Waals surface area contributed by atoms with Crippen LogP contribution < -0.4 is 10.1 Å². The number of methoxy groups -OCH3 is 1. The van der Waals surface area contributed by atoms with Gasteiger partial charge in [0, 0.05) is 18.9 Å². The fourth-order valence-corrected chi connectivity index (χ4v) is 2.12. The molecule has 1 aromatic carbocycles. The number of alkyl halides is 1. The zero-order valence-corrected chi connectivity index (χ0v) is 12.5. The molecule has 1 aromatic heterocycles. The van der Waals surface area contributed by atoms with Crippen molar-refractivity contribution in [2.75, 3.05) is 13.7 Å². The van der Waals surface area contributed by atoms with Crippen molar-refractivity contribution < 1.29 is 9.53 Å². The van der Waals surface area contributed by atoms with E-state index in [1.54, 1.807) is 43.8 Å². The lowest BCUT2D eigenvalue weighted by Gasteiger charge is -2.11. The van der Waals surface area contributed by atoms with Crippen molar-refractivity contribution >= 4 is 17.5 Å². The number of hydrogen-bond acceptors (Lipinski definition) is 3. The van der Waals surface area contributed by atoms with Gasteiger partial charge in [-0.2, -0.15) is 0 Å². The summed E-state index contributed by atoms with van der Waals surface area (Å²) in [5.74, 6) is 0.539. The summed E-state index contributed by atoms with van der Waals surface area (Å²) in [4.78, 5) is 16.0. The van der Waals surface area contributed by atoms with Gasteiger partial charge in [0.05, 0.1) is 7.11 Å². The van der Waals surface area contributed by atoms with E-state index >= 15 is 0 Å². The SMILES string of the molecule is COc1ccc(C(Cl)C(=O)NCCc2ccncc2)cc1. The number of nitrogens with one attached hydrogen (secondary N) is 1. The van der Waals surface area contributed by atoms with E-state index in [9.17, 15) is 4.79 Å². The maximum absolute atomic E-state index is 12.0. The normalized spacial score (nSPS) is 11.7. The molecule has 0 saturated heterocycles. The Hall–Kier alpha value is -2.07. The van der Waals surface area contributed by atoms with Crippen molar-refractivity contribution in [3.8, 4) is 5.75 Å². The fraction of sp³-hybridized carbons (Fsp3) is 0.250. The van der Waals surface area contributed by atoms with E-state index in [2.05, 4.69) is 10.3 Å². The third-order valence-corrected chi connectivity index (χ3v) is 3.55. The average molecular weight is 305 g/mol. The molecule has 1 amide bonds. The van der Waals surface area contributed by atoms with E-state index < -0.39 is 5.38 Å². The van der Waals surface area contributed by atoms with Crippen LogP contribution in [0.1, 0.15) is 16.5 Å². The van der Waals surface area contributed by atoms with Crippen LogP contribution in [0.3, 0.4) is 0 Å². The van der Waals surface area contributed by atoms with Gasteiger partial charge >= 0.3 is 0 Å². The Morgan fingerprint density at radius 1 is 1.24 bits per heavy atom. The molecule has 0 aliphatic rings. The lowest BCUT2D eigenvalue weighted by Crippen LogP contribution is -2.28. The van der Waals surface area contributed by atoms with Crippen LogP contribution in [0.2, 0.25) is 0 Å².